The maximum atomic E-state index is 14.3. The molecule has 0 saturated carbocycles. The summed E-state index contributed by atoms with van der Waals surface area (Å²) in [6.07, 6.45) is 5.26. The summed E-state index contributed by atoms with van der Waals surface area (Å²) < 4.78 is 26.9. The maximum absolute atomic E-state index is 14.3. The lowest BCUT2D eigenvalue weighted by Gasteiger charge is -2.17. The van der Waals surface area contributed by atoms with E-state index < -0.39 is 17.9 Å². The Morgan fingerprint density at radius 3 is 2.38 bits per heavy atom. The molecule has 2 aliphatic heterocycles. The second-order valence-electron chi connectivity index (χ2n) is 7.35. The highest BCUT2D eigenvalue weighted by Gasteiger charge is 2.24. The van der Waals surface area contributed by atoms with Crippen molar-refractivity contribution in [3.05, 3.63) is 60.2 Å². The molecule has 0 amide bonds. The lowest BCUT2D eigenvalue weighted by molar-refractivity contribution is -0.0457. The van der Waals surface area contributed by atoms with Crippen LogP contribution in [0.4, 0.5) is 10.1 Å². The lowest BCUT2D eigenvalue weighted by atomic mass is 10.0. The standard InChI is InChI=1S/C22H22FN3O3/c23-20-12-15(11-19(21(20)27)22-28-9-10-29-22)16-13-24-26(14-16)18-5-3-17(4-6-18)25-7-1-2-8-25/h3-6,11-14,22,27H,1-2,7-10H2. The molecule has 3 aromatic rings. The highest BCUT2D eigenvalue weighted by Crippen LogP contribution is 2.36. The first kappa shape index (κ1) is 18.1. The molecule has 150 valence electrons. The Morgan fingerprint density at radius 1 is 0.966 bits per heavy atom. The molecule has 2 aliphatic rings. The van der Waals surface area contributed by atoms with Crippen molar-refractivity contribution in [2.24, 2.45) is 0 Å². The molecule has 0 unspecified atom stereocenters. The van der Waals surface area contributed by atoms with E-state index in [1.165, 1.54) is 24.6 Å². The molecule has 5 rings (SSSR count). The van der Waals surface area contributed by atoms with Crippen LogP contribution in [-0.4, -0.2) is 41.2 Å². The summed E-state index contributed by atoms with van der Waals surface area (Å²) in [6.45, 7) is 3.05. The van der Waals surface area contributed by atoms with Crippen molar-refractivity contribution in [2.45, 2.75) is 19.1 Å². The van der Waals surface area contributed by atoms with Gasteiger partial charge in [-0.05, 0) is 54.8 Å². The van der Waals surface area contributed by atoms with Gasteiger partial charge in [-0.2, -0.15) is 5.10 Å². The molecule has 0 bridgehead atoms. The van der Waals surface area contributed by atoms with Crippen LogP contribution in [0.15, 0.2) is 48.8 Å². The summed E-state index contributed by atoms with van der Waals surface area (Å²) in [6, 6.07) is 11.3. The fraction of sp³-hybridized carbons (Fsp3) is 0.318. The Kier molecular flexibility index (Phi) is 4.69. The molecular formula is C22H22FN3O3. The summed E-state index contributed by atoms with van der Waals surface area (Å²) in [5, 5.41) is 14.5. The number of hydrogen-bond donors (Lipinski definition) is 1. The average Bonchev–Trinajstić information content (AvgIpc) is 3.51. The SMILES string of the molecule is Oc1c(F)cc(-c2cnn(-c3ccc(N4CCCC4)cc3)c2)cc1C1OCCO1. The third-order valence-corrected chi connectivity index (χ3v) is 5.47. The van der Waals surface area contributed by atoms with Gasteiger partial charge in [0, 0.05) is 30.5 Å². The topological polar surface area (TPSA) is 59.8 Å². The molecule has 0 radical (unpaired) electrons. The van der Waals surface area contributed by atoms with E-state index in [4.69, 9.17) is 9.47 Å². The second kappa shape index (κ2) is 7.50. The molecule has 1 aromatic heterocycles. The number of nitrogens with zero attached hydrogens (tertiary/aromatic N) is 3. The van der Waals surface area contributed by atoms with Crippen LogP contribution in [0.1, 0.15) is 24.7 Å². The zero-order valence-corrected chi connectivity index (χ0v) is 15.9. The predicted molar refractivity (Wildman–Crippen MR) is 107 cm³/mol. The number of phenols is 1. The van der Waals surface area contributed by atoms with Crippen LogP contribution in [0.25, 0.3) is 16.8 Å². The van der Waals surface area contributed by atoms with Gasteiger partial charge in [0.2, 0.25) is 0 Å². The van der Waals surface area contributed by atoms with Gasteiger partial charge in [-0.15, -0.1) is 0 Å². The van der Waals surface area contributed by atoms with Crippen molar-refractivity contribution < 1.29 is 19.0 Å². The van der Waals surface area contributed by atoms with Crippen molar-refractivity contribution in [1.29, 1.82) is 0 Å². The number of phenolic OH excluding ortho intramolecular Hbond substituents is 1. The van der Waals surface area contributed by atoms with Gasteiger partial charge in [0.15, 0.2) is 17.9 Å². The van der Waals surface area contributed by atoms with E-state index in [2.05, 4.69) is 22.1 Å². The van der Waals surface area contributed by atoms with Crippen LogP contribution in [0, 0.1) is 5.82 Å². The number of anilines is 1. The number of halogens is 1. The Hall–Kier alpha value is -2.90. The third kappa shape index (κ3) is 3.47. The molecule has 3 heterocycles. The minimum Gasteiger partial charge on any atom is -0.504 e. The van der Waals surface area contributed by atoms with Gasteiger partial charge in [0.05, 0.1) is 30.7 Å². The number of benzene rings is 2. The largest absolute Gasteiger partial charge is 0.504 e. The molecule has 2 aromatic carbocycles. The quantitative estimate of drug-likeness (QED) is 0.723. The molecule has 0 atom stereocenters. The van der Waals surface area contributed by atoms with Crippen LogP contribution in [0.2, 0.25) is 0 Å². The summed E-state index contributed by atoms with van der Waals surface area (Å²) in [4.78, 5) is 2.38. The van der Waals surface area contributed by atoms with Crippen LogP contribution >= 0.6 is 0 Å². The van der Waals surface area contributed by atoms with Crippen molar-refractivity contribution in [1.82, 2.24) is 9.78 Å². The van der Waals surface area contributed by atoms with Gasteiger partial charge in [0.1, 0.15) is 0 Å². The molecule has 2 fully saturated rings. The molecule has 2 saturated heterocycles. The van der Waals surface area contributed by atoms with Gasteiger partial charge >= 0.3 is 0 Å². The van der Waals surface area contributed by atoms with Crippen LogP contribution in [0.3, 0.4) is 0 Å². The summed E-state index contributed by atoms with van der Waals surface area (Å²) in [5.74, 6) is -1.15. The Balaban J connectivity index is 1.42. The van der Waals surface area contributed by atoms with E-state index in [1.807, 2.05) is 18.3 Å². The maximum Gasteiger partial charge on any atom is 0.187 e. The predicted octanol–water partition coefficient (Wildman–Crippen LogP) is 4.03. The smallest absolute Gasteiger partial charge is 0.187 e. The normalized spacial score (nSPS) is 17.3. The Morgan fingerprint density at radius 2 is 1.66 bits per heavy atom. The molecular weight excluding hydrogens is 373 g/mol. The zero-order valence-electron chi connectivity index (χ0n) is 15.9. The minimum atomic E-state index is -0.752. The summed E-state index contributed by atoms with van der Waals surface area (Å²) in [5.41, 5.74) is 3.79. The fourth-order valence-electron chi connectivity index (χ4n) is 3.91. The average molecular weight is 395 g/mol. The van der Waals surface area contributed by atoms with Crippen molar-refractivity contribution in [3.8, 4) is 22.6 Å². The molecule has 0 spiro atoms. The van der Waals surface area contributed by atoms with E-state index in [0.717, 1.165) is 24.3 Å². The lowest BCUT2D eigenvalue weighted by Crippen LogP contribution is -2.17. The Labute approximate surface area is 168 Å². The van der Waals surface area contributed by atoms with Gasteiger partial charge in [-0.25, -0.2) is 9.07 Å². The summed E-state index contributed by atoms with van der Waals surface area (Å²) in [7, 11) is 0. The molecule has 29 heavy (non-hydrogen) atoms. The first-order chi connectivity index (χ1) is 14.2. The van der Waals surface area contributed by atoms with Crippen LogP contribution < -0.4 is 4.90 Å². The van der Waals surface area contributed by atoms with E-state index >= 15 is 0 Å². The van der Waals surface area contributed by atoms with Gasteiger partial charge in [0.25, 0.3) is 0 Å². The highest BCUT2D eigenvalue weighted by atomic mass is 19.1. The highest BCUT2D eigenvalue weighted by molar-refractivity contribution is 5.65. The minimum absolute atomic E-state index is 0.292. The van der Waals surface area contributed by atoms with E-state index in [-0.39, 0.29) is 0 Å². The van der Waals surface area contributed by atoms with Crippen molar-refractivity contribution in [3.63, 3.8) is 0 Å². The monoisotopic (exact) mass is 395 g/mol. The zero-order chi connectivity index (χ0) is 19.8. The van der Waals surface area contributed by atoms with E-state index in [0.29, 0.717) is 24.3 Å². The third-order valence-electron chi connectivity index (χ3n) is 5.47. The van der Waals surface area contributed by atoms with Crippen LogP contribution in [-0.2, 0) is 9.47 Å². The number of ether oxygens (including phenoxy) is 2. The molecule has 0 aliphatic carbocycles. The molecule has 6 nitrogen and oxygen atoms in total. The van der Waals surface area contributed by atoms with Crippen molar-refractivity contribution in [2.75, 3.05) is 31.2 Å². The second-order valence-corrected chi connectivity index (χ2v) is 7.35. The molecule has 1 N–H and O–H groups in total. The van der Waals surface area contributed by atoms with E-state index in [1.54, 1.807) is 16.9 Å². The van der Waals surface area contributed by atoms with Gasteiger partial charge in [-0.3, -0.25) is 0 Å². The number of hydrogen-bond acceptors (Lipinski definition) is 5. The van der Waals surface area contributed by atoms with Crippen molar-refractivity contribution >= 4 is 5.69 Å². The Bertz CT molecular complexity index is 1010. The number of rotatable bonds is 4. The van der Waals surface area contributed by atoms with Gasteiger partial charge in [-0.1, -0.05) is 0 Å². The summed E-state index contributed by atoms with van der Waals surface area (Å²) >= 11 is 0. The van der Waals surface area contributed by atoms with E-state index in [9.17, 15) is 9.50 Å². The number of aromatic hydroxyl groups is 1. The fourth-order valence-corrected chi connectivity index (χ4v) is 3.91. The first-order valence-electron chi connectivity index (χ1n) is 9.85. The first-order valence-corrected chi connectivity index (χ1v) is 9.85. The number of aromatic nitrogens is 2. The van der Waals surface area contributed by atoms with Gasteiger partial charge < -0.3 is 19.5 Å². The molecule has 7 heteroatoms. The van der Waals surface area contributed by atoms with Crippen LogP contribution in [0.5, 0.6) is 5.75 Å².